The number of ether oxygens (including phenoxy) is 2. The van der Waals surface area contributed by atoms with Gasteiger partial charge in [-0.15, -0.1) is 0 Å². The largest absolute Gasteiger partial charge is 0.431 e. The summed E-state index contributed by atoms with van der Waals surface area (Å²) in [4.78, 5) is 16.2. The molecule has 6 nitrogen and oxygen atoms in total. The Balaban J connectivity index is 1.39. The van der Waals surface area contributed by atoms with Crippen molar-refractivity contribution in [2.75, 3.05) is 18.5 Å². The maximum Gasteiger partial charge on any atom is 0.319 e. The van der Waals surface area contributed by atoms with Crippen LogP contribution in [0.3, 0.4) is 0 Å². The van der Waals surface area contributed by atoms with Crippen LogP contribution in [0, 0.1) is 0 Å². The van der Waals surface area contributed by atoms with Crippen LogP contribution in [0.15, 0.2) is 42.5 Å². The molecule has 0 bridgehead atoms. The zero-order valence-electron chi connectivity index (χ0n) is 13.0. The van der Waals surface area contributed by atoms with E-state index in [1.165, 1.54) is 11.3 Å². The molecule has 0 radical (unpaired) electrons. The van der Waals surface area contributed by atoms with Gasteiger partial charge in [0, 0.05) is 10.7 Å². The van der Waals surface area contributed by atoms with E-state index in [1.54, 1.807) is 30.3 Å². The Hall–Kier alpha value is -2.35. The van der Waals surface area contributed by atoms with Gasteiger partial charge in [0.05, 0.1) is 29.5 Å². The average molecular weight is 376 g/mol. The molecule has 2 heterocycles. The molecule has 25 heavy (non-hydrogen) atoms. The number of anilines is 1. The topological polar surface area (TPSA) is 72.5 Å². The molecule has 0 spiro atoms. The highest BCUT2D eigenvalue weighted by Gasteiger charge is 2.20. The second kappa shape index (κ2) is 6.87. The lowest BCUT2D eigenvalue weighted by Crippen LogP contribution is -2.49. The van der Waals surface area contributed by atoms with Crippen molar-refractivity contribution >= 4 is 44.9 Å². The number of carbonyl (C=O) groups is 1. The number of aromatic nitrogens is 1. The number of amides is 2. The lowest BCUT2D eigenvalue weighted by molar-refractivity contribution is 0.000735. The minimum Gasteiger partial charge on any atom is -0.431 e. The van der Waals surface area contributed by atoms with Crippen molar-refractivity contribution in [3.05, 3.63) is 47.5 Å². The molecular formula is C17H14ClN3O3S. The molecule has 1 fully saturated rings. The minimum atomic E-state index is -0.245. The molecule has 1 aromatic heterocycles. The Kier molecular flexibility index (Phi) is 4.44. The first-order valence-electron chi connectivity index (χ1n) is 7.65. The van der Waals surface area contributed by atoms with Gasteiger partial charge in [0.2, 0.25) is 0 Å². The van der Waals surface area contributed by atoms with Crippen LogP contribution >= 0.6 is 22.9 Å². The number of fused-ring (bicyclic) bond motifs is 1. The summed E-state index contributed by atoms with van der Waals surface area (Å²) >= 11 is 7.41. The Morgan fingerprint density at radius 1 is 1.24 bits per heavy atom. The summed E-state index contributed by atoms with van der Waals surface area (Å²) in [5.41, 5.74) is 1.53. The minimum absolute atomic E-state index is 0.0927. The normalized spacial score (nSPS) is 14.1. The number of urea groups is 1. The molecule has 0 aliphatic carbocycles. The van der Waals surface area contributed by atoms with Crippen molar-refractivity contribution < 1.29 is 14.3 Å². The first kappa shape index (κ1) is 16.1. The van der Waals surface area contributed by atoms with E-state index in [1.807, 2.05) is 12.1 Å². The Labute approximate surface area is 152 Å². The van der Waals surface area contributed by atoms with E-state index in [0.29, 0.717) is 34.9 Å². The van der Waals surface area contributed by atoms with Crippen LogP contribution in [0.2, 0.25) is 5.02 Å². The second-order valence-electron chi connectivity index (χ2n) is 5.55. The highest BCUT2D eigenvalue weighted by atomic mass is 35.5. The van der Waals surface area contributed by atoms with E-state index in [0.717, 1.165) is 10.2 Å². The van der Waals surface area contributed by atoms with Gasteiger partial charge in [0.15, 0.2) is 0 Å². The van der Waals surface area contributed by atoms with Crippen LogP contribution in [0.5, 0.6) is 10.9 Å². The van der Waals surface area contributed by atoms with E-state index >= 15 is 0 Å². The van der Waals surface area contributed by atoms with E-state index in [4.69, 9.17) is 21.1 Å². The van der Waals surface area contributed by atoms with Crippen LogP contribution in [0.1, 0.15) is 0 Å². The van der Waals surface area contributed by atoms with Gasteiger partial charge in [0.25, 0.3) is 5.19 Å². The molecule has 2 N–H and O–H groups in total. The summed E-state index contributed by atoms with van der Waals surface area (Å²) < 4.78 is 11.8. The van der Waals surface area contributed by atoms with Crippen molar-refractivity contribution in [2.45, 2.75) is 6.04 Å². The van der Waals surface area contributed by atoms with E-state index in [-0.39, 0.29) is 12.1 Å². The van der Waals surface area contributed by atoms with Crippen LogP contribution in [-0.4, -0.2) is 30.3 Å². The van der Waals surface area contributed by atoms with Gasteiger partial charge in [-0.25, -0.2) is 9.78 Å². The Morgan fingerprint density at radius 3 is 2.76 bits per heavy atom. The summed E-state index contributed by atoms with van der Waals surface area (Å²) in [6.45, 7) is 1.13. The SMILES string of the molecule is O=C(Nc1ccc(Oc2nc3ccc(Cl)cc3s2)cc1)NC1COC1. The Morgan fingerprint density at radius 2 is 2.04 bits per heavy atom. The predicted molar refractivity (Wildman–Crippen MR) is 97.9 cm³/mol. The third-order valence-corrected chi connectivity index (χ3v) is 4.75. The van der Waals surface area contributed by atoms with Gasteiger partial charge in [-0.2, -0.15) is 0 Å². The van der Waals surface area contributed by atoms with Crippen molar-refractivity contribution in [3.63, 3.8) is 0 Å². The molecule has 1 aliphatic heterocycles. The van der Waals surface area contributed by atoms with E-state index in [9.17, 15) is 4.79 Å². The second-order valence-corrected chi connectivity index (χ2v) is 6.98. The highest BCUT2D eigenvalue weighted by molar-refractivity contribution is 7.20. The molecule has 3 aromatic rings. The standard InChI is InChI=1S/C17H14ClN3O3S/c18-10-1-6-14-15(7-10)25-17(21-14)24-13-4-2-11(3-5-13)19-16(22)20-12-8-23-9-12/h1-7,12H,8-9H2,(H2,19,20,22). The first-order valence-corrected chi connectivity index (χ1v) is 8.84. The maximum absolute atomic E-state index is 11.8. The summed E-state index contributed by atoms with van der Waals surface area (Å²) in [6.07, 6.45) is 0. The molecule has 0 atom stereocenters. The molecule has 2 amide bonds. The number of thiazole rings is 1. The first-order chi connectivity index (χ1) is 12.2. The summed E-state index contributed by atoms with van der Waals surface area (Å²) in [6, 6.07) is 12.5. The van der Waals surface area contributed by atoms with Crippen LogP contribution in [-0.2, 0) is 4.74 Å². The lowest BCUT2D eigenvalue weighted by atomic mass is 10.2. The number of benzene rings is 2. The summed E-state index contributed by atoms with van der Waals surface area (Å²) in [5, 5.41) is 6.80. The molecule has 8 heteroatoms. The molecule has 128 valence electrons. The van der Waals surface area contributed by atoms with Crippen LogP contribution in [0.25, 0.3) is 10.2 Å². The van der Waals surface area contributed by atoms with Crippen molar-refractivity contribution in [1.29, 1.82) is 0 Å². The van der Waals surface area contributed by atoms with Gasteiger partial charge in [0.1, 0.15) is 5.75 Å². The van der Waals surface area contributed by atoms with E-state index in [2.05, 4.69) is 15.6 Å². The quantitative estimate of drug-likeness (QED) is 0.714. The fourth-order valence-electron chi connectivity index (χ4n) is 2.30. The molecule has 4 rings (SSSR count). The monoisotopic (exact) mass is 375 g/mol. The van der Waals surface area contributed by atoms with Gasteiger partial charge >= 0.3 is 6.03 Å². The smallest absolute Gasteiger partial charge is 0.319 e. The van der Waals surface area contributed by atoms with Crippen LogP contribution < -0.4 is 15.4 Å². The third-order valence-electron chi connectivity index (χ3n) is 3.62. The molecule has 0 saturated carbocycles. The number of nitrogens with one attached hydrogen (secondary N) is 2. The Bertz CT molecular complexity index is 909. The number of hydrogen-bond donors (Lipinski definition) is 2. The third kappa shape index (κ3) is 3.84. The molecule has 1 aliphatic rings. The van der Waals surface area contributed by atoms with Gasteiger partial charge in [-0.05, 0) is 42.5 Å². The van der Waals surface area contributed by atoms with Crippen molar-refractivity contribution in [2.24, 2.45) is 0 Å². The van der Waals surface area contributed by atoms with Gasteiger partial charge in [-0.3, -0.25) is 0 Å². The zero-order chi connectivity index (χ0) is 17.2. The van der Waals surface area contributed by atoms with Crippen molar-refractivity contribution in [1.82, 2.24) is 10.3 Å². The lowest BCUT2D eigenvalue weighted by Gasteiger charge is -2.26. The van der Waals surface area contributed by atoms with Gasteiger partial charge in [-0.1, -0.05) is 22.9 Å². The molecular weight excluding hydrogens is 362 g/mol. The van der Waals surface area contributed by atoms with E-state index < -0.39 is 0 Å². The number of hydrogen-bond acceptors (Lipinski definition) is 5. The number of rotatable bonds is 4. The summed E-state index contributed by atoms with van der Waals surface area (Å²) in [5.74, 6) is 0.642. The van der Waals surface area contributed by atoms with Crippen molar-refractivity contribution in [3.8, 4) is 10.9 Å². The van der Waals surface area contributed by atoms with Gasteiger partial charge < -0.3 is 20.1 Å². The maximum atomic E-state index is 11.8. The molecule has 0 unspecified atom stereocenters. The highest BCUT2D eigenvalue weighted by Crippen LogP contribution is 2.33. The number of nitrogens with zero attached hydrogens (tertiary/aromatic N) is 1. The average Bonchev–Trinajstić information content (AvgIpc) is 2.94. The fraction of sp³-hybridized carbons (Fsp3) is 0.176. The van der Waals surface area contributed by atoms with Crippen LogP contribution in [0.4, 0.5) is 10.5 Å². The summed E-state index contributed by atoms with van der Waals surface area (Å²) in [7, 11) is 0. The molecule has 1 saturated heterocycles. The number of carbonyl (C=O) groups excluding carboxylic acids is 1. The molecule has 2 aromatic carbocycles. The zero-order valence-corrected chi connectivity index (χ0v) is 14.6. The predicted octanol–water partition coefficient (Wildman–Crippen LogP) is 4.26. The fourth-order valence-corrected chi connectivity index (χ4v) is 3.41. The number of halogens is 1.